The highest BCUT2D eigenvalue weighted by molar-refractivity contribution is 6.70. The Labute approximate surface area is 79.1 Å². The van der Waals surface area contributed by atoms with E-state index in [-0.39, 0.29) is 0 Å². The summed E-state index contributed by atoms with van der Waals surface area (Å²) < 4.78 is 10.5. The number of methoxy groups -OCH3 is 1. The summed E-state index contributed by atoms with van der Waals surface area (Å²) in [5, 5.41) is 0. The van der Waals surface area contributed by atoms with Gasteiger partial charge in [0.05, 0.1) is 7.11 Å². The summed E-state index contributed by atoms with van der Waals surface area (Å²) in [5.41, 5.74) is 0. The van der Waals surface area contributed by atoms with Crippen molar-refractivity contribution < 1.29 is 9.16 Å². The predicted molar refractivity (Wildman–Crippen MR) is 52.6 cm³/mol. The van der Waals surface area contributed by atoms with E-state index in [0.717, 1.165) is 0 Å². The minimum Gasteiger partial charge on any atom is -0.518 e. The van der Waals surface area contributed by atoms with Gasteiger partial charge in [-0.3, -0.25) is 0 Å². The van der Waals surface area contributed by atoms with Crippen molar-refractivity contribution in [1.82, 2.24) is 9.97 Å². The van der Waals surface area contributed by atoms with E-state index >= 15 is 0 Å². The zero-order valence-corrected chi connectivity index (χ0v) is 9.37. The first kappa shape index (κ1) is 9.98. The summed E-state index contributed by atoms with van der Waals surface area (Å²) in [6.45, 7) is 6.24. The molecule has 1 heterocycles. The van der Waals surface area contributed by atoms with Gasteiger partial charge in [0.1, 0.15) is 0 Å². The largest absolute Gasteiger partial charge is 0.518 e. The van der Waals surface area contributed by atoms with Crippen LogP contribution in [0.25, 0.3) is 0 Å². The van der Waals surface area contributed by atoms with E-state index in [9.17, 15) is 0 Å². The van der Waals surface area contributed by atoms with Crippen LogP contribution in [0.4, 0.5) is 0 Å². The van der Waals surface area contributed by atoms with Crippen LogP contribution in [0.2, 0.25) is 19.6 Å². The molecule has 1 rings (SSSR count). The Morgan fingerprint density at radius 2 is 2.00 bits per heavy atom. The highest BCUT2D eigenvalue weighted by Crippen LogP contribution is 2.13. The molecule has 0 amide bonds. The molecule has 0 fully saturated rings. The SMILES string of the molecule is COc1ccnc(O[Si](C)(C)C)n1. The lowest BCUT2D eigenvalue weighted by molar-refractivity contribution is 0.386. The summed E-state index contributed by atoms with van der Waals surface area (Å²) in [6, 6.07) is 2.09. The van der Waals surface area contributed by atoms with Gasteiger partial charge in [0.15, 0.2) is 0 Å². The number of aromatic nitrogens is 2. The molecule has 4 nitrogen and oxygen atoms in total. The summed E-state index contributed by atoms with van der Waals surface area (Å²) in [4.78, 5) is 8.05. The molecule has 0 aromatic carbocycles. The number of hydrogen-bond donors (Lipinski definition) is 0. The number of rotatable bonds is 3. The summed E-state index contributed by atoms with van der Waals surface area (Å²) >= 11 is 0. The molecule has 5 heteroatoms. The fourth-order valence-electron chi connectivity index (χ4n) is 0.762. The summed E-state index contributed by atoms with van der Waals surface area (Å²) in [7, 11) is -0.0442. The molecule has 0 unspecified atom stereocenters. The molecule has 0 spiro atoms. The van der Waals surface area contributed by atoms with Gasteiger partial charge in [-0.2, -0.15) is 4.98 Å². The minimum absolute atomic E-state index is 0.401. The third-order valence-electron chi connectivity index (χ3n) is 1.21. The first-order valence-corrected chi connectivity index (χ1v) is 7.48. The van der Waals surface area contributed by atoms with Gasteiger partial charge in [0.25, 0.3) is 0 Å². The van der Waals surface area contributed by atoms with Gasteiger partial charge in [0.2, 0.25) is 14.2 Å². The molecule has 13 heavy (non-hydrogen) atoms. The first-order chi connectivity index (χ1) is 6.01. The van der Waals surface area contributed by atoms with Crippen LogP contribution in [-0.4, -0.2) is 25.4 Å². The Hall–Kier alpha value is -1.10. The summed E-state index contributed by atoms with van der Waals surface area (Å²) in [5.74, 6) is 0.531. The van der Waals surface area contributed by atoms with Gasteiger partial charge in [-0.05, 0) is 19.6 Å². The smallest absolute Gasteiger partial charge is 0.305 e. The quantitative estimate of drug-likeness (QED) is 0.693. The van der Waals surface area contributed by atoms with Crippen molar-refractivity contribution >= 4 is 8.32 Å². The van der Waals surface area contributed by atoms with Crippen LogP contribution in [0.1, 0.15) is 0 Å². The molecule has 0 radical (unpaired) electrons. The first-order valence-electron chi connectivity index (χ1n) is 4.07. The van der Waals surface area contributed by atoms with Crippen LogP contribution in [0.5, 0.6) is 11.9 Å². The Bertz CT molecular complexity index is 286. The van der Waals surface area contributed by atoms with E-state index in [1.165, 1.54) is 0 Å². The lowest BCUT2D eigenvalue weighted by Gasteiger charge is -2.16. The lowest BCUT2D eigenvalue weighted by atomic mass is 10.6. The maximum atomic E-state index is 5.58. The van der Waals surface area contributed by atoms with Crippen molar-refractivity contribution in [2.24, 2.45) is 0 Å². The molecular weight excluding hydrogens is 184 g/mol. The Morgan fingerprint density at radius 1 is 1.31 bits per heavy atom. The molecule has 1 aromatic rings. The van der Waals surface area contributed by atoms with Crippen molar-refractivity contribution in [3.05, 3.63) is 12.3 Å². The fourth-order valence-corrected chi connectivity index (χ4v) is 1.41. The van der Waals surface area contributed by atoms with Crippen molar-refractivity contribution in [3.8, 4) is 11.9 Å². The Kier molecular flexibility index (Phi) is 2.87. The minimum atomic E-state index is -1.61. The molecular formula is C8H14N2O2Si. The third-order valence-corrected chi connectivity index (χ3v) is 2.01. The van der Waals surface area contributed by atoms with Crippen LogP contribution in [-0.2, 0) is 0 Å². The molecule has 0 bridgehead atoms. The van der Waals surface area contributed by atoms with Crippen molar-refractivity contribution in [3.63, 3.8) is 0 Å². The zero-order chi connectivity index (χ0) is 9.90. The van der Waals surface area contributed by atoms with Gasteiger partial charge >= 0.3 is 6.01 Å². The number of hydrogen-bond acceptors (Lipinski definition) is 4. The molecule has 0 aliphatic rings. The number of nitrogens with zero attached hydrogens (tertiary/aromatic N) is 2. The van der Waals surface area contributed by atoms with E-state index in [2.05, 4.69) is 29.6 Å². The second-order valence-electron chi connectivity index (χ2n) is 3.60. The molecule has 1 aromatic heterocycles. The van der Waals surface area contributed by atoms with Crippen LogP contribution in [0.15, 0.2) is 12.3 Å². The monoisotopic (exact) mass is 198 g/mol. The second kappa shape index (κ2) is 3.74. The van der Waals surface area contributed by atoms with Gasteiger partial charge < -0.3 is 9.16 Å². The van der Waals surface area contributed by atoms with Crippen LogP contribution < -0.4 is 9.16 Å². The van der Waals surface area contributed by atoms with Crippen molar-refractivity contribution in [2.75, 3.05) is 7.11 Å². The third kappa shape index (κ3) is 3.41. The fraction of sp³-hybridized carbons (Fsp3) is 0.500. The average Bonchev–Trinajstić information content (AvgIpc) is 2.01. The van der Waals surface area contributed by atoms with E-state index in [0.29, 0.717) is 11.9 Å². The van der Waals surface area contributed by atoms with Gasteiger partial charge in [-0.15, -0.1) is 0 Å². The maximum absolute atomic E-state index is 5.58. The van der Waals surface area contributed by atoms with E-state index in [1.807, 2.05) is 0 Å². The molecule has 0 aliphatic carbocycles. The molecule has 72 valence electrons. The van der Waals surface area contributed by atoms with E-state index in [1.54, 1.807) is 19.4 Å². The molecule has 0 aliphatic heterocycles. The Balaban J connectivity index is 2.78. The van der Waals surface area contributed by atoms with Gasteiger partial charge in [0, 0.05) is 12.3 Å². The second-order valence-corrected chi connectivity index (χ2v) is 8.02. The highest BCUT2D eigenvalue weighted by Gasteiger charge is 2.17. The Morgan fingerprint density at radius 3 is 2.54 bits per heavy atom. The molecule has 0 atom stereocenters. The van der Waals surface area contributed by atoms with E-state index < -0.39 is 8.32 Å². The van der Waals surface area contributed by atoms with Gasteiger partial charge in [-0.25, -0.2) is 4.98 Å². The van der Waals surface area contributed by atoms with Crippen molar-refractivity contribution in [1.29, 1.82) is 0 Å². The maximum Gasteiger partial charge on any atom is 0.305 e. The van der Waals surface area contributed by atoms with E-state index in [4.69, 9.17) is 9.16 Å². The molecule has 0 N–H and O–H groups in total. The van der Waals surface area contributed by atoms with Gasteiger partial charge in [-0.1, -0.05) is 0 Å². The average molecular weight is 198 g/mol. The van der Waals surface area contributed by atoms with Crippen LogP contribution in [0, 0.1) is 0 Å². The van der Waals surface area contributed by atoms with Crippen molar-refractivity contribution in [2.45, 2.75) is 19.6 Å². The van der Waals surface area contributed by atoms with Crippen LogP contribution >= 0.6 is 0 Å². The highest BCUT2D eigenvalue weighted by atomic mass is 28.4. The molecule has 0 saturated heterocycles. The normalized spacial score (nSPS) is 11.1. The zero-order valence-electron chi connectivity index (χ0n) is 8.37. The lowest BCUT2D eigenvalue weighted by Crippen LogP contribution is -2.30. The number of ether oxygens (including phenoxy) is 1. The predicted octanol–water partition coefficient (Wildman–Crippen LogP) is 1.70. The topological polar surface area (TPSA) is 44.2 Å². The van der Waals surface area contributed by atoms with Crippen LogP contribution in [0.3, 0.4) is 0 Å². The standard InChI is InChI=1S/C8H14N2O2Si/c1-11-7-5-6-9-8(10-7)12-13(2,3)4/h5-6H,1-4H3. The summed E-state index contributed by atoms with van der Waals surface area (Å²) in [6.07, 6.45) is 1.63. The molecule has 0 saturated carbocycles.